The lowest BCUT2D eigenvalue weighted by Crippen LogP contribution is -2.61. The number of ether oxygens (including phenoxy) is 12. The molecule has 3 saturated heterocycles. The second kappa shape index (κ2) is 36.4. The van der Waals surface area contributed by atoms with Crippen molar-refractivity contribution in [3.05, 3.63) is 299 Å². The lowest BCUT2D eigenvalue weighted by molar-refractivity contribution is -0.264. The molecule has 13 atom stereocenters. The van der Waals surface area contributed by atoms with Crippen LogP contribution in [-0.2, 0) is 114 Å². The van der Waals surface area contributed by atoms with Gasteiger partial charge in [-0.05, 0) is 64.8 Å². The minimum absolute atomic E-state index is 0.00362. The van der Waals surface area contributed by atoms with Crippen LogP contribution in [0.1, 0.15) is 78.6 Å². The zero-order valence-electron chi connectivity index (χ0n) is 53.9. The van der Waals surface area contributed by atoms with Crippen molar-refractivity contribution in [3.63, 3.8) is 0 Å². The molecule has 13 heteroatoms. The first-order chi connectivity index (χ1) is 45.7. The maximum absolute atomic E-state index is 12.4. The molecule has 0 radical (unpaired) electrons. The first-order valence-electron chi connectivity index (χ1n) is 32.6. The van der Waals surface area contributed by atoms with E-state index in [0.29, 0.717) is 59.5 Å². The first kappa shape index (κ1) is 68.5. The van der Waals surface area contributed by atoms with E-state index in [1.807, 2.05) is 208 Å². The summed E-state index contributed by atoms with van der Waals surface area (Å²) >= 11 is 0. The highest BCUT2D eigenvalue weighted by Crippen LogP contribution is 2.37. The van der Waals surface area contributed by atoms with Gasteiger partial charge in [-0.15, -0.1) is 0 Å². The standard InChI is InChI=1S/C45H54O7.C35H36O6/c1-5-38-41(52-45(3,4)51-38)33(2)26-27-39-42(47-29-35-20-12-7-13-21-35)44(49-31-37-24-16-9-17-25-37)43(48-30-36-22-14-8-15-23-36)40(50-39)32-46-28-34-18-10-6-11-19-34;36-21-31-33(38-23-28-15-7-2-8-16-28)35(40-25-30-19-11-4-12-20-30)34(39-24-29-17-9-3-10-18-29)32(41-31)26-37-22-27-13-5-1-6-14-27/h6-27,33,38-44H,5,28-32H2,1-4H3;1-21,31-35H,22-26H2/t33-,38+,39?,40?,41-,42?,43?,44?;/m0./s1. The molecular weight excluding hydrogens is 1170 g/mol. The largest absolute Gasteiger partial charge is 0.374 e. The van der Waals surface area contributed by atoms with Gasteiger partial charge in [-0.2, -0.15) is 0 Å². The first-order valence-corrected chi connectivity index (χ1v) is 32.6. The lowest BCUT2D eigenvalue weighted by atomic mass is 9.91. The van der Waals surface area contributed by atoms with Crippen molar-refractivity contribution in [2.24, 2.45) is 5.92 Å². The second-order valence-electron chi connectivity index (χ2n) is 24.3. The van der Waals surface area contributed by atoms with E-state index in [2.05, 4.69) is 74.5 Å². The maximum atomic E-state index is 12.4. The summed E-state index contributed by atoms with van der Waals surface area (Å²) in [6.07, 6.45) is 0.334. The Hall–Kier alpha value is -7.31. The molecule has 0 N–H and O–H groups in total. The van der Waals surface area contributed by atoms with E-state index in [1.165, 1.54) is 0 Å². The van der Waals surface area contributed by atoms with Crippen LogP contribution in [0, 0.1) is 5.92 Å². The number of carbonyl (C=O) groups is 1. The van der Waals surface area contributed by atoms with Gasteiger partial charge in [-0.25, -0.2) is 0 Å². The van der Waals surface area contributed by atoms with E-state index in [-0.39, 0.29) is 24.7 Å². The van der Waals surface area contributed by atoms with Crippen LogP contribution in [0.5, 0.6) is 0 Å². The molecule has 0 aliphatic carbocycles. The van der Waals surface area contributed by atoms with Crippen LogP contribution in [0.2, 0.25) is 0 Å². The van der Waals surface area contributed by atoms with E-state index in [1.54, 1.807) is 0 Å². The Balaban J connectivity index is 0.000000209. The van der Waals surface area contributed by atoms with Gasteiger partial charge in [0.05, 0.1) is 78.3 Å². The molecule has 3 fully saturated rings. The predicted octanol–water partition coefficient (Wildman–Crippen LogP) is 14.8. The van der Waals surface area contributed by atoms with Gasteiger partial charge in [-0.3, -0.25) is 0 Å². The summed E-state index contributed by atoms with van der Waals surface area (Å²) in [7, 11) is 0. The van der Waals surface area contributed by atoms with E-state index in [4.69, 9.17) is 56.8 Å². The molecular formula is C80H90O13. The van der Waals surface area contributed by atoms with Gasteiger partial charge in [0.25, 0.3) is 0 Å². The Morgan fingerprint density at radius 1 is 0.366 bits per heavy atom. The van der Waals surface area contributed by atoms with Crippen LogP contribution in [0.25, 0.3) is 0 Å². The minimum atomic E-state index is -0.846. The second-order valence-corrected chi connectivity index (χ2v) is 24.3. The number of benzene rings is 8. The monoisotopic (exact) mass is 1260 g/mol. The Kier molecular flexibility index (Phi) is 26.8. The highest BCUT2D eigenvalue weighted by atomic mass is 16.8. The van der Waals surface area contributed by atoms with E-state index < -0.39 is 66.8 Å². The maximum Gasteiger partial charge on any atom is 0.163 e. The lowest BCUT2D eigenvalue weighted by Gasteiger charge is -2.45. The third kappa shape index (κ3) is 21.1. The number of rotatable bonds is 31. The zero-order valence-corrected chi connectivity index (χ0v) is 53.9. The molecule has 8 aromatic carbocycles. The minimum Gasteiger partial charge on any atom is -0.374 e. The van der Waals surface area contributed by atoms with Gasteiger partial charge in [0, 0.05) is 5.92 Å². The van der Waals surface area contributed by atoms with Gasteiger partial charge in [0.2, 0.25) is 0 Å². The Morgan fingerprint density at radius 2 is 0.645 bits per heavy atom. The van der Waals surface area contributed by atoms with Crippen molar-refractivity contribution in [1.29, 1.82) is 0 Å². The van der Waals surface area contributed by atoms with Crippen LogP contribution in [0.3, 0.4) is 0 Å². The summed E-state index contributed by atoms with van der Waals surface area (Å²) in [5.41, 5.74) is 8.39. The third-order valence-corrected chi connectivity index (χ3v) is 16.7. The molecule has 3 heterocycles. The molecule has 93 heavy (non-hydrogen) atoms. The Labute approximate surface area is 549 Å². The molecule has 0 aromatic heterocycles. The summed E-state index contributed by atoms with van der Waals surface area (Å²) in [5.74, 6) is -0.564. The molecule has 8 aromatic rings. The third-order valence-electron chi connectivity index (χ3n) is 16.7. The quantitative estimate of drug-likeness (QED) is 0.0302. The molecule has 488 valence electrons. The number of aldehydes is 1. The van der Waals surface area contributed by atoms with Crippen LogP contribution < -0.4 is 0 Å². The summed E-state index contributed by atoms with van der Waals surface area (Å²) < 4.78 is 78.4. The highest BCUT2D eigenvalue weighted by molar-refractivity contribution is 5.58. The van der Waals surface area contributed by atoms with Crippen molar-refractivity contribution < 1.29 is 61.6 Å². The van der Waals surface area contributed by atoms with Crippen molar-refractivity contribution in [3.8, 4) is 0 Å². The molecule has 0 saturated carbocycles. The fourth-order valence-electron chi connectivity index (χ4n) is 11.9. The van der Waals surface area contributed by atoms with Gasteiger partial charge < -0.3 is 61.6 Å². The average Bonchev–Trinajstić information content (AvgIpc) is 2.10. The fourth-order valence-corrected chi connectivity index (χ4v) is 11.9. The van der Waals surface area contributed by atoms with Crippen molar-refractivity contribution in [2.75, 3.05) is 13.2 Å². The smallest absolute Gasteiger partial charge is 0.163 e. The van der Waals surface area contributed by atoms with E-state index >= 15 is 0 Å². The van der Waals surface area contributed by atoms with Gasteiger partial charge in [-0.1, -0.05) is 269 Å². The molecule has 0 bridgehead atoms. The van der Waals surface area contributed by atoms with Crippen molar-refractivity contribution in [2.45, 2.75) is 166 Å². The molecule has 0 amide bonds. The Bertz CT molecular complexity index is 3350. The van der Waals surface area contributed by atoms with Gasteiger partial charge >= 0.3 is 0 Å². The summed E-state index contributed by atoms with van der Waals surface area (Å²) in [6.45, 7) is 11.9. The molecule has 3 aliphatic heterocycles. The summed E-state index contributed by atoms with van der Waals surface area (Å²) in [6, 6.07) is 80.6. The van der Waals surface area contributed by atoms with Gasteiger partial charge in [0.1, 0.15) is 61.0 Å². The normalized spacial score (nSPS) is 24.6. The molecule has 0 spiro atoms. The zero-order chi connectivity index (χ0) is 64.3. The van der Waals surface area contributed by atoms with Crippen LogP contribution in [-0.4, -0.2) is 98.5 Å². The summed E-state index contributed by atoms with van der Waals surface area (Å²) in [5, 5.41) is 0. The average molecular weight is 1260 g/mol. The van der Waals surface area contributed by atoms with E-state index in [0.717, 1.165) is 57.2 Å². The summed E-state index contributed by atoms with van der Waals surface area (Å²) in [4.78, 5) is 12.4. The SMILES string of the molecule is CC[C@H]1OC(C)(C)O[C@H]1[C@@H](C)C=CC1OC(COCc2ccccc2)C(OCc2ccccc2)C(OCc2ccccc2)C1OCc1ccccc1.O=CC1OC(COCc2ccccc2)C(OCc2ccccc2)C(OCc2ccccc2)C1OCc1ccccc1. The topological polar surface area (TPSA) is 128 Å². The van der Waals surface area contributed by atoms with Crippen molar-refractivity contribution >= 4 is 6.29 Å². The van der Waals surface area contributed by atoms with Crippen LogP contribution in [0.4, 0.5) is 0 Å². The predicted molar refractivity (Wildman–Crippen MR) is 358 cm³/mol. The number of hydrogen-bond acceptors (Lipinski definition) is 13. The fraction of sp³-hybridized carbons (Fsp3) is 0.362. The van der Waals surface area contributed by atoms with Crippen molar-refractivity contribution in [1.82, 2.24) is 0 Å². The van der Waals surface area contributed by atoms with Gasteiger partial charge in [0.15, 0.2) is 12.1 Å². The van der Waals surface area contributed by atoms with Crippen LogP contribution >= 0.6 is 0 Å². The molecule has 10 unspecified atom stereocenters. The molecule has 3 aliphatic rings. The molecule has 11 rings (SSSR count). The van der Waals surface area contributed by atoms with Crippen LogP contribution in [0.15, 0.2) is 255 Å². The number of carbonyl (C=O) groups excluding carboxylic acids is 1. The Morgan fingerprint density at radius 3 is 0.957 bits per heavy atom. The van der Waals surface area contributed by atoms with E-state index in [9.17, 15) is 4.79 Å². The molecule has 13 nitrogen and oxygen atoms in total. The highest BCUT2D eigenvalue weighted by Gasteiger charge is 2.50. The number of hydrogen-bond donors (Lipinski definition) is 0.